The van der Waals surface area contributed by atoms with Crippen molar-refractivity contribution >= 4 is 5.91 Å². The number of alkyl halides is 3. The van der Waals surface area contributed by atoms with Crippen LogP contribution >= 0.6 is 0 Å². The molecule has 2 heterocycles. The topological polar surface area (TPSA) is 32.8 Å². The van der Waals surface area contributed by atoms with E-state index in [2.05, 4.69) is 0 Å². The van der Waals surface area contributed by atoms with E-state index in [1.54, 1.807) is 12.1 Å². The van der Waals surface area contributed by atoms with Gasteiger partial charge in [-0.15, -0.1) is 0 Å². The Bertz CT molecular complexity index is 621. The number of hydrogen-bond acceptors (Lipinski definition) is 3. The standard InChI is InChI=1S/C18H22F4N2O2/c19-15-5-3-13(4-6-15)16-11-23(8-9-26-16)12-17(25)24-7-1-2-14(10-24)18(20,21)22/h3-6,14,16H,1-2,7-12H2. The number of nitrogens with zero attached hydrogens (tertiary/aromatic N) is 2. The minimum absolute atomic E-state index is 0.0750. The Kier molecular flexibility index (Phi) is 5.82. The summed E-state index contributed by atoms with van der Waals surface area (Å²) >= 11 is 0. The summed E-state index contributed by atoms with van der Waals surface area (Å²) in [6, 6.07) is 6.00. The van der Waals surface area contributed by atoms with Crippen LogP contribution in [0.2, 0.25) is 0 Å². The molecule has 26 heavy (non-hydrogen) atoms. The second-order valence-corrected chi connectivity index (χ2v) is 6.87. The van der Waals surface area contributed by atoms with E-state index < -0.39 is 12.1 Å². The van der Waals surface area contributed by atoms with Gasteiger partial charge < -0.3 is 9.64 Å². The van der Waals surface area contributed by atoms with Crippen LogP contribution in [0.15, 0.2) is 24.3 Å². The molecule has 2 unspecified atom stereocenters. The summed E-state index contributed by atoms with van der Waals surface area (Å²) < 4.78 is 57.5. The number of halogens is 4. The molecule has 2 atom stereocenters. The number of carbonyl (C=O) groups excluding carboxylic acids is 1. The first-order valence-electron chi connectivity index (χ1n) is 8.77. The van der Waals surface area contributed by atoms with Crippen molar-refractivity contribution in [1.29, 1.82) is 0 Å². The largest absolute Gasteiger partial charge is 0.393 e. The lowest BCUT2D eigenvalue weighted by atomic mass is 9.97. The first-order valence-corrected chi connectivity index (χ1v) is 8.77. The lowest BCUT2D eigenvalue weighted by Gasteiger charge is -2.37. The summed E-state index contributed by atoms with van der Waals surface area (Å²) in [5.74, 6) is -2.04. The van der Waals surface area contributed by atoms with Gasteiger partial charge in [0.05, 0.1) is 25.2 Å². The normalized spacial score (nSPS) is 25.3. The van der Waals surface area contributed by atoms with E-state index in [-0.39, 0.29) is 37.3 Å². The Labute approximate surface area is 149 Å². The van der Waals surface area contributed by atoms with E-state index in [1.165, 1.54) is 17.0 Å². The summed E-state index contributed by atoms with van der Waals surface area (Å²) in [6.07, 6.45) is -4.08. The average Bonchev–Trinajstić information content (AvgIpc) is 2.62. The second-order valence-electron chi connectivity index (χ2n) is 6.87. The Hall–Kier alpha value is -1.67. The molecule has 3 rings (SSSR count). The monoisotopic (exact) mass is 374 g/mol. The molecule has 0 radical (unpaired) electrons. The van der Waals surface area contributed by atoms with E-state index in [1.807, 2.05) is 4.90 Å². The van der Waals surface area contributed by atoms with Gasteiger partial charge in [-0.3, -0.25) is 9.69 Å². The molecular formula is C18H22F4N2O2. The molecule has 0 saturated carbocycles. The Morgan fingerprint density at radius 3 is 2.58 bits per heavy atom. The smallest absolute Gasteiger partial charge is 0.371 e. The van der Waals surface area contributed by atoms with Gasteiger partial charge in [0.15, 0.2) is 0 Å². The third-order valence-electron chi connectivity index (χ3n) is 4.99. The van der Waals surface area contributed by atoms with Crippen LogP contribution in [0.3, 0.4) is 0 Å². The van der Waals surface area contributed by atoms with Crippen molar-refractivity contribution in [3.8, 4) is 0 Å². The number of rotatable bonds is 3. The lowest BCUT2D eigenvalue weighted by Crippen LogP contribution is -2.50. The van der Waals surface area contributed by atoms with Crippen LogP contribution in [0.4, 0.5) is 17.6 Å². The van der Waals surface area contributed by atoms with E-state index in [9.17, 15) is 22.4 Å². The summed E-state index contributed by atoms with van der Waals surface area (Å²) in [6.45, 7) is 1.60. The molecule has 1 aromatic carbocycles. The van der Waals surface area contributed by atoms with Gasteiger partial charge in [0.25, 0.3) is 0 Å². The van der Waals surface area contributed by atoms with Crippen molar-refractivity contribution in [2.45, 2.75) is 25.1 Å². The van der Waals surface area contributed by atoms with Crippen LogP contribution in [0.5, 0.6) is 0 Å². The highest BCUT2D eigenvalue weighted by Gasteiger charge is 2.42. The van der Waals surface area contributed by atoms with Crippen molar-refractivity contribution in [3.05, 3.63) is 35.6 Å². The Balaban J connectivity index is 1.56. The maximum absolute atomic E-state index is 13.0. The number of carbonyl (C=O) groups is 1. The van der Waals surface area contributed by atoms with Crippen molar-refractivity contribution in [2.24, 2.45) is 5.92 Å². The number of benzene rings is 1. The Morgan fingerprint density at radius 1 is 1.15 bits per heavy atom. The number of morpholine rings is 1. The highest BCUT2D eigenvalue weighted by molar-refractivity contribution is 5.78. The van der Waals surface area contributed by atoms with Gasteiger partial charge in [0.2, 0.25) is 5.91 Å². The molecule has 2 aliphatic heterocycles. The summed E-state index contributed by atoms with van der Waals surface area (Å²) in [4.78, 5) is 15.7. The van der Waals surface area contributed by atoms with Gasteiger partial charge >= 0.3 is 6.18 Å². The molecule has 1 aromatic rings. The predicted octanol–water partition coefficient (Wildman–Crippen LogP) is 3.00. The fourth-order valence-corrected chi connectivity index (χ4v) is 3.49. The van der Waals surface area contributed by atoms with Crippen molar-refractivity contribution in [2.75, 3.05) is 39.3 Å². The van der Waals surface area contributed by atoms with Crippen LogP contribution < -0.4 is 0 Å². The third kappa shape index (κ3) is 4.73. The number of piperidine rings is 1. The van der Waals surface area contributed by atoms with Crippen LogP contribution in [0.25, 0.3) is 0 Å². The highest BCUT2D eigenvalue weighted by Crippen LogP contribution is 2.33. The van der Waals surface area contributed by atoms with E-state index in [0.717, 1.165) is 5.56 Å². The van der Waals surface area contributed by atoms with E-state index in [0.29, 0.717) is 32.7 Å². The zero-order valence-electron chi connectivity index (χ0n) is 14.3. The molecule has 8 heteroatoms. The Morgan fingerprint density at radius 2 is 1.88 bits per heavy atom. The molecule has 4 nitrogen and oxygen atoms in total. The van der Waals surface area contributed by atoms with E-state index in [4.69, 9.17) is 4.74 Å². The van der Waals surface area contributed by atoms with Crippen LogP contribution in [0, 0.1) is 11.7 Å². The molecule has 2 aliphatic rings. The zero-order chi connectivity index (χ0) is 18.7. The molecule has 2 saturated heterocycles. The first kappa shape index (κ1) is 19.1. The molecule has 0 spiro atoms. The minimum atomic E-state index is -4.26. The molecule has 0 aromatic heterocycles. The summed E-state index contributed by atoms with van der Waals surface area (Å²) in [5, 5.41) is 0. The van der Waals surface area contributed by atoms with Crippen molar-refractivity contribution in [3.63, 3.8) is 0 Å². The molecule has 0 aliphatic carbocycles. The van der Waals surface area contributed by atoms with Gasteiger partial charge in [-0.25, -0.2) is 4.39 Å². The SMILES string of the molecule is O=C(CN1CCOC(c2ccc(F)cc2)C1)N1CCCC(C(F)(F)F)C1. The molecule has 144 valence electrons. The maximum Gasteiger partial charge on any atom is 0.393 e. The number of ether oxygens (including phenoxy) is 1. The van der Waals surface area contributed by atoms with E-state index >= 15 is 0 Å². The molecule has 0 N–H and O–H groups in total. The van der Waals surface area contributed by atoms with Gasteiger partial charge in [0, 0.05) is 26.2 Å². The second kappa shape index (κ2) is 7.92. The average molecular weight is 374 g/mol. The fourth-order valence-electron chi connectivity index (χ4n) is 3.49. The predicted molar refractivity (Wildman–Crippen MR) is 86.9 cm³/mol. The van der Waals surface area contributed by atoms with Gasteiger partial charge in [-0.05, 0) is 30.5 Å². The minimum Gasteiger partial charge on any atom is -0.371 e. The van der Waals surface area contributed by atoms with Gasteiger partial charge in [0.1, 0.15) is 5.82 Å². The number of likely N-dealkylation sites (tertiary alicyclic amines) is 1. The highest BCUT2D eigenvalue weighted by atomic mass is 19.4. The maximum atomic E-state index is 13.0. The fraction of sp³-hybridized carbons (Fsp3) is 0.611. The molecular weight excluding hydrogens is 352 g/mol. The number of hydrogen-bond donors (Lipinski definition) is 0. The molecule has 0 bridgehead atoms. The van der Waals surface area contributed by atoms with Crippen LogP contribution in [-0.4, -0.2) is 61.2 Å². The molecule has 1 amide bonds. The molecule has 2 fully saturated rings. The van der Waals surface area contributed by atoms with Gasteiger partial charge in [-0.2, -0.15) is 13.2 Å². The summed E-state index contributed by atoms with van der Waals surface area (Å²) in [5.41, 5.74) is 0.818. The summed E-state index contributed by atoms with van der Waals surface area (Å²) in [7, 11) is 0. The van der Waals surface area contributed by atoms with Gasteiger partial charge in [-0.1, -0.05) is 12.1 Å². The zero-order valence-corrected chi connectivity index (χ0v) is 14.3. The van der Waals surface area contributed by atoms with Crippen LogP contribution in [0.1, 0.15) is 24.5 Å². The quantitative estimate of drug-likeness (QED) is 0.763. The number of amides is 1. The van der Waals surface area contributed by atoms with Crippen molar-refractivity contribution in [1.82, 2.24) is 9.80 Å². The van der Waals surface area contributed by atoms with Crippen molar-refractivity contribution < 1.29 is 27.1 Å². The third-order valence-corrected chi connectivity index (χ3v) is 4.99. The lowest BCUT2D eigenvalue weighted by molar-refractivity contribution is -0.188. The first-order chi connectivity index (χ1) is 12.3. The van der Waals surface area contributed by atoms with Crippen LogP contribution in [-0.2, 0) is 9.53 Å².